The number of para-hydroxylation sites is 1. The van der Waals surface area contributed by atoms with Crippen LogP contribution in [0.2, 0.25) is 0 Å². The molecule has 1 aromatic carbocycles. The maximum atomic E-state index is 13.1. The van der Waals surface area contributed by atoms with Gasteiger partial charge in [0.1, 0.15) is 4.90 Å². The van der Waals surface area contributed by atoms with E-state index < -0.39 is 10.0 Å². The molecule has 0 atom stereocenters. The number of aryl methyl sites for hydroxylation is 1. The zero-order valence-electron chi connectivity index (χ0n) is 15.5. The number of benzene rings is 1. The van der Waals surface area contributed by atoms with Crippen LogP contribution in [0.1, 0.15) is 19.0 Å². The Morgan fingerprint density at radius 3 is 2.70 bits per heavy atom. The molecule has 0 amide bonds. The summed E-state index contributed by atoms with van der Waals surface area (Å²) in [6, 6.07) is 8.08. The smallest absolute Gasteiger partial charge is 0.246 e. The fourth-order valence-electron chi connectivity index (χ4n) is 3.46. The number of sulfonamides is 1. The minimum absolute atomic E-state index is 0.317. The summed E-state index contributed by atoms with van der Waals surface area (Å²) >= 11 is 1.66. The lowest BCUT2D eigenvalue weighted by molar-refractivity contribution is 0.432. The molecule has 3 aromatic rings. The number of hydrogen-bond donors (Lipinski definition) is 0. The number of nitrogens with zero attached hydrogens (tertiary/aromatic N) is 5. The van der Waals surface area contributed by atoms with Crippen LogP contribution in [0.15, 0.2) is 35.4 Å². The predicted molar refractivity (Wildman–Crippen MR) is 108 cm³/mol. The second-order valence-electron chi connectivity index (χ2n) is 6.62. The average molecular weight is 406 g/mol. The minimum atomic E-state index is -3.53. The normalized spacial score (nSPS) is 16.7. The molecule has 0 saturated carbocycles. The third-order valence-electron chi connectivity index (χ3n) is 4.98. The van der Waals surface area contributed by atoms with Crippen molar-refractivity contribution in [2.75, 3.05) is 31.1 Å². The van der Waals surface area contributed by atoms with Crippen LogP contribution >= 0.6 is 11.3 Å². The van der Waals surface area contributed by atoms with Crippen molar-refractivity contribution in [1.29, 1.82) is 0 Å². The zero-order chi connectivity index (χ0) is 19.0. The highest BCUT2D eigenvalue weighted by molar-refractivity contribution is 7.89. The van der Waals surface area contributed by atoms with Crippen LogP contribution in [0.25, 0.3) is 10.2 Å². The van der Waals surface area contributed by atoms with Crippen LogP contribution in [0.5, 0.6) is 0 Å². The molecule has 3 heterocycles. The van der Waals surface area contributed by atoms with Gasteiger partial charge >= 0.3 is 0 Å². The number of hydrogen-bond acceptors (Lipinski definition) is 6. The Labute approximate surface area is 163 Å². The summed E-state index contributed by atoms with van der Waals surface area (Å²) < 4.78 is 30.7. The Kier molecular flexibility index (Phi) is 4.92. The fourth-order valence-corrected chi connectivity index (χ4v) is 6.11. The number of thiazole rings is 1. The molecule has 0 N–H and O–H groups in total. The third kappa shape index (κ3) is 3.35. The lowest BCUT2D eigenvalue weighted by Crippen LogP contribution is -2.35. The fraction of sp³-hybridized carbons (Fsp3) is 0.444. The number of aromatic nitrogens is 3. The molecule has 0 aliphatic carbocycles. The molecule has 27 heavy (non-hydrogen) atoms. The van der Waals surface area contributed by atoms with E-state index in [0.717, 1.165) is 28.3 Å². The summed E-state index contributed by atoms with van der Waals surface area (Å²) in [6.45, 7) is 6.84. The van der Waals surface area contributed by atoms with Crippen LogP contribution in [-0.4, -0.2) is 53.7 Å². The summed E-state index contributed by atoms with van der Waals surface area (Å²) in [6.07, 6.45) is 2.25. The molecular formula is C18H23N5O2S2. The monoisotopic (exact) mass is 405 g/mol. The molecule has 9 heteroatoms. The van der Waals surface area contributed by atoms with Gasteiger partial charge in [-0.15, -0.1) is 0 Å². The van der Waals surface area contributed by atoms with Crippen molar-refractivity contribution in [3.8, 4) is 0 Å². The van der Waals surface area contributed by atoms with E-state index in [0.29, 0.717) is 36.8 Å². The Bertz CT molecular complexity index is 1020. The highest BCUT2D eigenvalue weighted by Gasteiger charge is 2.30. The zero-order valence-corrected chi connectivity index (χ0v) is 17.1. The Balaban J connectivity index is 1.55. The van der Waals surface area contributed by atoms with E-state index >= 15 is 0 Å². The van der Waals surface area contributed by atoms with Crippen LogP contribution in [0.4, 0.5) is 5.13 Å². The maximum Gasteiger partial charge on any atom is 0.246 e. The molecule has 1 aliphatic heterocycles. The molecule has 144 valence electrons. The maximum absolute atomic E-state index is 13.1. The van der Waals surface area contributed by atoms with E-state index in [9.17, 15) is 8.42 Å². The molecule has 1 aliphatic rings. The van der Waals surface area contributed by atoms with E-state index in [1.807, 2.05) is 32.0 Å². The molecule has 0 radical (unpaired) electrons. The van der Waals surface area contributed by atoms with Gasteiger partial charge in [0.2, 0.25) is 10.0 Å². The van der Waals surface area contributed by atoms with Gasteiger partial charge in [-0.2, -0.15) is 9.40 Å². The lowest BCUT2D eigenvalue weighted by atomic mass is 10.3. The second kappa shape index (κ2) is 7.21. The van der Waals surface area contributed by atoms with Crippen molar-refractivity contribution in [2.24, 2.45) is 0 Å². The molecule has 0 spiro atoms. The van der Waals surface area contributed by atoms with Crippen LogP contribution in [0.3, 0.4) is 0 Å². The van der Waals surface area contributed by atoms with Crippen molar-refractivity contribution in [3.05, 3.63) is 36.2 Å². The highest BCUT2D eigenvalue weighted by Crippen LogP contribution is 2.30. The Morgan fingerprint density at radius 2 is 1.96 bits per heavy atom. The van der Waals surface area contributed by atoms with E-state index in [4.69, 9.17) is 4.98 Å². The van der Waals surface area contributed by atoms with Gasteiger partial charge in [0.05, 0.1) is 22.1 Å². The van der Waals surface area contributed by atoms with E-state index in [1.165, 1.54) is 6.20 Å². The first-order valence-electron chi connectivity index (χ1n) is 9.14. The van der Waals surface area contributed by atoms with E-state index in [-0.39, 0.29) is 0 Å². The van der Waals surface area contributed by atoms with Crippen molar-refractivity contribution in [3.63, 3.8) is 0 Å². The molecule has 4 rings (SSSR count). The molecular weight excluding hydrogens is 382 g/mol. The predicted octanol–water partition coefficient (Wildman–Crippen LogP) is 2.72. The topological polar surface area (TPSA) is 71.3 Å². The van der Waals surface area contributed by atoms with Gasteiger partial charge < -0.3 is 4.90 Å². The first-order valence-corrected chi connectivity index (χ1v) is 11.4. The minimum Gasteiger partial charge on any atom is -0.347 e. The third-order valence-corrected chi connectivity index (χ3v) is 8.08. The quantitative estimate of drug-likeness (QED) is 0.667. The van der Waals surface area contributed by atoms with Crippen molar-refractivity contribution >= 4 is 36.7 Å². The summed E-state index contributed by atoms with van der Waals surface area (Å²) in [5.41, 5.74) is 1.69. The van der Waals surface area contributed by atoms with Gasteiger partial charge in [-0.25, -0.2) is 13.4 Å². The Morgan fingerprint density at radius 1 is 1.15 bits per heavy atom. The molecule has 7 nitrogen and oxygen atoms in total. The van der Waals surface area contributed by atoms with Crippen LogP contribution < -0.4 is 4.90 Å². The number of rotatable bonds is 4. The first-order chi connectivity index (χ1) is 13.0. The van der Waals surface area contributed by atoms with E-state index in [2.05, 4.69) is 16.1 Å². The lowest BCUT2D eigenvalue weighted by Gasteiger charge is -2.21. The van der Waals surface area contributed by atoms with Gasteiger partial charge in [0.15, 0.2) is 5.13 Å². The molecule has 0 bridgehead atoms. The first kappa shape index (κ1) is 18.4. The molecule has 1 fully saturated rings. The SMILES string of the molecule is CCn1ncc(S(=O)(=O)N2CCCN(c3nc4ccccc4s3)CC2)c1C. The largest absolute Gasteiger partial charge is 0.347 e. The van der Waals surface area contributed by atoms with Gasteiger partial charge in [-0.05, 0) is 32.4 Å². The Hall–Kier alpha value is -1.97. The summed E-state index contributed by atoms with van der Waals surface area (Å²) in [7, 11) is -3.53. The van der Waals surface area contributed by atoms with Crippen LogP contribution in [0, 0.1) is 6.92 Å². The second-order valence-corrected chi connectivity index (χ2v) is 9.53. The summed E-state index contributed by atoms with van der Waals surface area (Å²) in [4.78, 5) is 7.23. The highest BCUT2D eigenvalue weighted by atomic mass is 32.2. The average Bonchev–Trinajstić information content (AvgIpc) is 3.16. The number of anilines is 1. The number of fused-ring (bicyclic) bond motifs is 1. The van der Waals surface area contributed by atoms with Crippen molar-refractivity contribution in [1.82, 2.24) is 19.1 Å². The van der Waals surface area contributed by atoms with Gasteiger partial charge in [-0.1, -0.05) is 23.5 Å². The van der Waals surface area contributed by atoms with Gasteiger partial charge in [0.25, 0.3) is 0 Å². The molecule has 2 aromatic heterocycles. The van der Waals surface area contributed by atoms with E-state index in [1.54, 1.807) is 20.3 Å². The van der Waals surface area contributed by atoms with Gasteiger partial charge in [0, 0.05) is 32.7 Å². The molecule has 0 unspecified atom stereocenters. The van der Waals surface area contributed by atoms with Crippen molar-refractivity contribution < 1.29 is 8.42 Å². The standard InChI is InChI=1S/C18H23N5O2S2/c1-3-23-14(2)17(13-19-23)27(24,25)22-10-6-9-21(11-12-22)18-20-15-7-4-5-8-16(15)26-18/h4-5,7-8,13H,3,6,9-12H2,1-2H3. The summed E-state index contributed by atoms with van der Waals surface area (Å²) in [5.74, 6) is 0. The van der Waals surface area contributed by atoms with Crippen LogP contribution in [-0.2, 0) is 16.6 Å². The summed E-state index contributed by atoms with van der Waals surface area (Å²) in [5, 5.41) is 5.16. The van der Waals surface area contributed by atoms with Gasteiger partial charge in [-0.3, -0.25) is 4.68 Å². The van der Waals surface area contributed by atoms with Crippen molar-refractivity contribution in [2.45, 2.75) is 31.7 Å². The molecule has 1 saturated heterocycles.